The van der Waals surface area contributed by atoms with Crippen molar-refractivity contribution >= 4 is 11.8 Å². The van der Waals surface area contributed by atoms with Crippen LogP contribution >= 0.6 is 0 Å². The fraction of sp³-hybridized carbons (Fsp3) is 0.857. The molecule has 122 valence electrons. The number of likely N-dealkylation sites (N-methyl/N-ethyl adjacent to an activating group) is 1. The molecule has 1 heterocycles. The predicted octanol–water partition coefficient (Wildman–Crippen LogP) is -1.11. The van der Waals surface area contributed by atoms with Gasteiger partial charge in [0, 0.05) is 45.9 Å². The molecule has 0 spiro atoms. The molecule has 0 radical (unpaired) electrons. The first-order valence-electron chi connectivity index (χ1n) is 7.54. The summed E-state index contributed by atoms with van der Waals surface area (Å²) in [5.74, 6) is 0.0915. The molecular weight excluding hydrogens is 272 g/mol. The van der Waals surface area contributed by atoms with Crippen molar-refractivity contribution < 1.29 is 14.3 Å². The van der Waals surface area contributed by atoms with Crippen molar-refractivity contribution in [2.75, 3.05) is 59.5 Å². The van der Waals surface area contributed by atoms with Gasteiger partial charge in [-0.2, -0.15) is 0 Å². The van der Waals surface area contributed by atoms with Crippen LogP contribution < -0.4 is 10.6 Å². The van der Waals surface area contributed by atoms with E-state index in [1.54, 1.807) is 7.11 Å². The van der Waals surface area contributed by atoms with Crippen molar-refractivity contribution in [1.82, 2.24) is 20.4 Å². The third kappa shape index (κ3) is 7.40. The first-order valence-corrected chi connectivity index (χ1v) is 7.54. The first-order chi connectivity index (χ1) is 10.0. The minimum Gasteiger partial charge on any atom is -0.383 e. The fourth-order valence-electron chi connectivity index (χ4n) is 2.38. The van der Waals surface area contributed by atoms with Gasteiger partial charge in [-0.15, -0.1) is 0 Å². The molecule has 0 aliphatic carbocycles. The third-order valence-corrected chi connectivity index (χ3v) is 3.40. The van der Waals surface area contributed by atoms with Crippen molar-refractivity contribution in [3.05, 3.63) is 0 Å². The Balaban J connectivity index is 2.20. The van der Waals surface area contributed by atoms with Crippen LogP contribution in [0.2, 0.25) is 0 Å². The molecule has 0 bridgehead atoms. The van der Waals surface area contributed by atoms with Crippen molar-refractivity contribution in [3.63, 3.8) is 0 Å². The van der Waals surface area contributed by atoms with E-state index in [2.05, 4.69) is 20.4 Å². The van der Waals surface area contributed by atoms with Gasteiger partial charge in [0.2, 0.25) is 11.8 Å². The van der Waals surface area contributed by atoms with Crippen LogP contribution in [0.5, 0.6) is 0 Å². The lowest BCUT2D eigenvalue weighted by Gasteiger charge is -2.34. The highest BCUT2D eigenvalue weighted by atomic mass is 16.5. The van der Waals surface area contributed by atoms with Gasteiger partial charge in [0.25, 0.3) is 0 Å². The van der Waals surface area contributed by atoms with E-state index in [-0.39, 0.29) is 17.9 Å². The van der Waals surface area contributed by atoms with E-state index in [1.165, 1.54) is 0 Å². The molecule has 0 aromatic rings. The summed E-state index contributed by atoms with van der Waals surface area (Å²) in [5, 5.41) is 5.70. The lowest BCUT2D eigenvalue weighted by atomic mass is 10.3. The molecule has 2 N–H and O–H groups in total. The third-order valence-electron chi connectivity index (χ3n) is 3.40. The van der Waals surface area contributed by atoms with Crippen LogP contribution in [0.1, 0.15) is 13.8 Å². The molecule has 1 aliphatic heterocycles. The van der Waals surface area contributed by atoms with Gasteiger partial charge in [-0.1, -0.05) is 0 Å². The summed E-state index contributed by atoms with van der Waals surface area (Å²) in [6, 6.07) is 0.0292. The topological polar surface area (TPSA) is 73.9 Å². The largest absolute Gasteiger partial charge is 0.383 e. The minimum absolute atomic E-state index is 0.0247. The van der Waals surface area contributed by atoms with Gasteiger partial charge in [-0.05, 0) is 13.8 Å². The summed E-state index contributed by atoms with van der Waals surface area (Å²) in [6.07, 6.45) is 0. The van der Waals surface area contributed by atoms with E-state index in [9.17, 15) is 9.59 Å². The molecule has 7 heteroatoms. The summed E-state index contributed by atoms with van der Waals surface area (Å²) < 4.78 is 4.99. The first kappa shape index (κ1) is 17.9. The quantitative estimate of drug-likeness (QED) is 0.595. The van der Waals surface area contributed by atoms with Gasteiger partial charge >= 0.3 is 0 Å². The molecule has 21 heavy (non-hydrogen) atoms. The van der Waals surface area contributed by atoms with Crippen LogP contribution in [0, 0.1) is 0 Å². The Morgan fingerprint density at radius 2 is 1.62 bits per heavy atom. The number of ether oxygens (including phenoxy) is 1. The average Bonchev–Trinajstić information content (AvgIpc) is 2.41. The highest BCUT2D eigenvalue weighted by Crippen LogP contribution is 2.01. The number of carbonyl (C=O) groups is 2. The molecule has 1 aliphatic rings. The summed E-state index contributed by atoms with van der Waals surface area (Å²) in [4.78, 5) is 27.6. The number of nitrogens with zero attached hydrogens (tertiary/aromatic N) is 2. The SMILES string of the molecule is CCNC(=O)CN1CCN(CC(=O)N[C@@H](C)COC)CC1. The lowest BCUT2D eigenvalue weighted by molar-refractivity contribution is -0.125. The van der Waals surface area contributed by atoms with Crippen molar-refractivity contribution in [1.29, 1.82) is 0 Å². The number of rotatable bonds is 8. The van der Waals surface area contributed by atoms with Crippen LogP contribution in [0.3, 0.4) is 0 Å². The van der Waals surface area contributed by atoms with Gasteiger partial charge < -0.3 is 15.4 Å². The maximum Gasteiger partial charge on any atom is 0.234 e. The average molecular weight is 300 g/mol. The summed E-state index contributed by atoms with van der Waals surface area (Å²) in [5.41, 5.74) is 0. The maximum atomic E-state index is 11.9. The monoisotopic (exact) mass is 300 g/mol. The second-order valence-corrected chi connectivity index (χ2v) is 5.43. The van der Waals surface area contributed by atoms with Gasteiger partial charge in [0.15, 0.2) is 0 Å². The molecular formula is C14H28N4O3. The van der Waals surface area contributed by atoms with E-state index in [4.69, 9.17) is 4.74 Å². The standard InChI is InChI=1S/C14H28N4O3/c1-4-15-13(19)9-17-5-7-18(8-6-17)10-14(20)16-12(2)11-21-3/h12H,4-11H2,1-3H3,(H,15,19)(H,16,20)/t12-/m0/s1. The molecule has 1 rings (SSSR count). The van der Waals surface area contributed by atoms with Crippen LogP contribution in [-0.4, -0.2) is 87.2 Å². The molecule has 0 aromatic carbocycles. The Bertz CT molecular complexity index is 330. The highest BCUT2D eigenvalue weighted by Gasteiger charge is 2.20. The summed E-state index contributed by atoms with van der Waals surface area (Å²) in [6.45, 7) is 9.13. The number of carbonyl (C=O) groups excluding carboxylic acids is 2. The Morgan fingerprint density at radius 3 is 2.10 bits per heavy atom. The van der Waals surface area contributed by atoms with Crippen molar-refractivity contribution in [2.24, 2.45) is 0 Å². The summed E-state index contributed by atoms with van der Waals surface area (Å²) in [7, 11) is 1.62. The van der Waals surface area contributed by atoms with E-state index < -0.39 is 0 Å². The molecule has 1 saturated heterocycles. The van der Waals surface area contributed by atoms with Crippen LogP contribution in [0.15, 0.2) is 0 Å². The zero-order valence-electron chi connectivity index (χ0n) is 13.4. The van der Waals surface area contributed by atoms with E-state index in [1.807, 2.05) is 13.8 Å². The highest BCUT2D eigenvalue weighted by molar-refractivity contribution is 5.78. The van der Waals surface area contributed by atoms with Crippen LogP contribution in [0.25, 0.3) is 0 Å². The molecule has 0 saturated carbocycles. The van der Waals surface area contributed by atoms with Crippen LogP contribution in [-0.2, 0) is 14.3 Å². The van der Waals surface area contributed by atoms with E-state index in [0.29, 0.717) is 26.2 Å². The molecule has 1 fully saturated rings. The Kier molecular flexibility index (Phi) is 8.26. The molecule has 0 unspecified atom stereocenters. The lowest BCUT2D eigenvalue weighted by Crippen LogP contribution is -2.52. The fourth-order valence-corrected chi connectivity index (χ4v) is 2.38. The normalized spacial score (nSPS) is 18.2. The van der Waals surface area contributed by atoms with Crippen molar-refractivity contribution in [3.8, 4) is 0 Å². The Hall–Kier alpha value is -1.18. The van der Waals surface area contributed by atoms with Crippen LogP contribution in [0.4, 0.5) is 0 Å². The number of piperazine rings is 1. The van der Waals surface area contributed by atoms with E-state index >= 15 is 0 Å². The number of hydrogen-bond acceptors (Lipinski definition) is 5. The number of nitrogens with one attached hydrogen (secondary N) is 2. The molecule has 2 amide bonds. The van der Waals surface area contributed by atoms with Gasteiger partial charge in [0.05, 0.1) is 19.7 Å². The number of methoxy groups -OCH3 is 1. The van der Waals surface area contributed by atoms with Crippen molar-refractivity contribution in [2.45, 2.75) is 19.9 Å². The Morgan fingerprint density at radius 1 is 1.10 bits per heavy atom. The second kappa shape index (κ2) is 9.70. The van der Waals surface area contributed by atoms with Gasteiger partial charge in [0.1, 0.15) is 0 Å². The number of amides is 2. The zero-order valence-corrected chi connectivity index (χ0v) is 13.4. The minimum atomic E-state index is 0.0247. The van der Waals surface area contributed by atoms with E-state index in [0.717, 1.165) is 26.2 Å². The van der Waals surface area contributed by atoms with Gasteiger partial charge in [-0.25, -0.2) is 0 Å². The maximum absolute atomic E-state index is 11.9. The summed E-state index contributed by atoms with van der Waals surface area (Å²) >= 11 is 0. The molecule has 0 aromatic heterocycles. The second-order valence-electron chi connectivity index (χ2n) is 5.43. The number of hydrogen-bond donors (Lipinski definition) is 2. The molecule has 1 atom stereocenters. The smallest absolute Gasteiger partial charge is 0.234 e. The molecule has 7 nitrogen and oxygen atoms in total. The zero-order chi connectivity index (χ0) is 15.7. The Labute approximate surface area is 127 Å². The predicted molar refractivity (Wildman–Crippen MR) is 81.0 cm³/mol. The van der Waals surface area contributed by atoms with Gasteiger partial charge in [-0.3, -0.25) is 19.4 Å².